The molecule has 6 heteroatoms. The first kappa shape index (κ1) is 13.4. The molecule has 0 aliphatic heterocycles. The van der Waals surface area contributed by atoms with Crippen LogP contribution in [0.3, 0.4) is 0 Å². The number of benzene rings is 1. The van der Waals surface area contributed by atoms with Gasteiger partial charge in [-0.25, -0.2) is 4.79 Å². The Balaban J connectivity index is 2.55. The zero-order valence-electron chi connectivity index (χ0n) is 10.2. The van der Waals surface area contributed by atoms with Crippen LogP contribution in [0.2, 0.25) is 5.02 Å². The van der Waals surface area contributed by atoms with Crippen LogP contribution in [0.15, 0.2) is 27.4 Å². The molecule has 2 aromatic rings. The summed E-state index contributed by atoms with van der Waals surface area (Å²) in [6.07, 6.45) is -1.16. The minimum absolute atomic E-state index is 0.125. The van der Waals surface area contributed by atoms with Crippen molar-refractivity contribution in [2.45, 2.75) is 20.0 Å². The molecule has 0 fully saturated rings. The summed E-state index contributed by atoms with van der Waals surface area (Å²) in [7, 11) is 0. The zero-order valence-corrected chi connectivity index (χ0v) is 11.0. The average Bonchev–Trinajstić information content (AvgIpc) is 2.31. The maximum Gasteiger partial charge on any atom is 0.336 e. The first-order valence-corrected chi connectivity index (χ1v) is 5.88. The van der Waals surface area contributed by atoms with Crippen LogP contribution >= 0.6 is 11.6 Å². The minimum Gasteiger partial charge on any atom is -0.546 e. The van der Waals surface area contributed by atoms with Crippen LogP contribution < -0.4 is 15.5 Å². The molecule has 0 radical (unpaired) electrons. The van der Waals surface area contributed by atoms with Gasteiger partial charge in [-0.05, 0) is 25.5 Å². The number of aliphatic carboxylic acids is 1. The van der Waals surface area contributed by atoms with Gasteiger partial charge in [0.15, 0.2) is 0 Å². The van der Waals surface area contributed by atoms with E-state index in [0.717, 1.165) is 0 Å². The van der Waals surface area contributed by atoms with Crippen LogP contribution in [-0.2, 0) is 4.79 Å². The highest BCUT2D eigenvalue weighted by atomic mass is 35.5. The topological polar surface area (TPSA) is 79.6 Å². The Hall–Kier alpha value is -2.01. The normalized spacial score (nSPS) is 12.4. The lowest BCUT2D eigenvalue weighted by Crippen LogP contribution is -2.37. The summed E-state index contributed by atoms with van der Waals surface area (Å²) in [5.74, 6) is -1.23. The summed E-state index contributed by atoms with van der Waals surface area (Å²) < 4.78 is 10.2. The van der Waals surface area contributed by atoms with Gasteiger partial charge in [-0.1, -0.05) is 11.6 Å². The fourth-order valence-corrected chi connectivity index (χ4v) is 1.86. The van der Waals surface area contributed by atoms with Crippen molar-refractivity contribution in [2.75, 3.05) is 0 Å². The smallest absolute Gasteiger partial charge is 0.336 e. The molecule has 0 aliphatic rings. The Morgan fingerprint density at radius 1 is 1.42 bits per heavy atom. The van der Waals surface area contributed by atoms with E-state index in [1.807, 2.05) is 0 Å². The number of hydrogen-bond donors (Lipinski definition) is 0. The first-order valence-electron chi connectivity index (χ1n) is 5.50. The van der Waals surface area contributed by atoms with Crippen LogP contribution in [0.25, 0.3) is 11.0 Å². The van der Waals surface area contributed by atoms with Crippen molar-refractivity contribution >= 4 is 28.5 Å². The number of halogens is 1. The van der Waals surface area contributed by atoms with Gasteiger partial charge >= 0.3 is 5.63 Å². The maximum atomic E-state index is 11.3. The Labute approximate surface area is 113 Å². The highest BCUT2D eigenvalue weighted by Crippen LogP contribution is 2.31. The number of rotatable bonds is 3. The third-order valence-corrected chi connectivity index (χ3v) is 2.93. The second-order valence-corrected chi connectivity index (χ2v) is 4.51. The Kier molecular flexibility index (Phi) is 3.48. The molecule has 0 saturated carbocycles. The molecule has 5 nitrogen and oxygen atoms in total. The molecule has 0 aliphatic carbocycles. The van der Waals surface area contributed by atoms with Crippen molar-refractivity contribution in [1.29, 1.82) is 0 Å². The largest absolute Gasteiger partial charge is 0.546 e. The fraction of sp³-hybridized carbons (Fsp3) is 0.231. The number of carbonyl (C=O) groups excluding carboxylic acids is 1. The second kappa shape index (κ2) is 4.93. The van der Waals surface area contributed by atoms with Gasteiger partial charge in [0.2, 0.25) is 0 Å². The molecule has 0 saturated heterocycles. The van der Waals surface area contributed by atoms with E-state index in [4.69, 9.17) is 20.8 Å². The monoisotopic (exact) mass is 281 g/mol. The van der Waals surface area contributed by atoms with Crippen LogP contribution in [0.5, 0.6) is 5.75 Å². The van der Waals surface area contributed by atoms with Gasteiger partial charge < -0.3 is 19.1 Å². The van der Waals surface area contributed by atoms with Crippen LogP contribution in [0, 0.1) is 6.92 Å². The number of ether oxygens (including phenoxy) is 1. The number of carboxylic acid groups (broad SMARTS) is 1. The highest BCUT2D eigenvalue weighted by Gasteiger charge is 2.12. The summed E-state index contributed by atoms with van der Waals surface area (Å²) in [5, 5.41) is 11.5. The molecular formula is C13H10ClO5-. The number of carbonyl (C=O) groups is 1. The molecule has 1 aromatic carbocycles. The van der Waals surface area contributed by atoms with E-state index in [9.17, 15) is 14.7 Å². The van der Waals surface area contributed by atoms with Crippen LogP contribution in [0.4, 0.5) is 0 Å². The lowest BCUT2D eigenvalue weighted by Gasteiger charge is -2.16. The zero-order chi connectivity index (χ0) is 14.2. The van der Waals surface area contributed by atoms with Gasteiger partial charge in [-0.15, -0.1) is 0 Å². The van der Waals surface area contributed by atoms with E-state index in [2.05, 4.69) is 0 Å². The summed E-state index contributed by atoms with van der Waals surface area (Å²) >= 11 is 6.01. The van der Waals surface area contributed by atoms with Crippen LogP contribution in [0.1, 0.15) is 12.5 Å². The first-order chi connectivity index (χ1) is 8.88. The Bertz CT molecular complexity index is 704. The Morgan fingerprint density at radius 2 is 2.11 bits per heavy atom. The van der Waals surface area contributed by atoms with Crippen molar-refractivity contribution in [3.8, 4) is 5.75 Å². The predicted molar refractivity (Wildman–Crippen MR) is 67.3 cm³/mol. The molecule has 1 aromatic heterocycles. The van der Waals surface area contributed by atoms with Gasteiger partial charge in [0, 0.05) is 17.5 Å². The summed E-state index contributed by atoms with van der Waals surface area (Å²) in [5.41, 5.74) is 0.508. The average molecular weight is 282 g/mol. The standard InChI is InChI=1S/C13H11ClO5/c1-6-3-12(15)19-10-5-11(9(14)4-8(6)10)18-7(2)13(16)17/h3-5,7H,1-2H3,(H,16,17)/p-1. The highest BCUT2D eigenvalue weighted by molar-refractivity contribution is 6.32. The molecular weight excluding hydrogens is 272 g/mol. The fourth-order valence-electron chi connectivity index (χ4n) is 1.65. The quantitative estimate of drug-likeness (QED) is 0.792. The van der Waals surface area contributed by atoms with E-state index in [-0.39, 0.29) is 16.4 Å². The van der Waals surface area contributed by atoms with Crippen molar-refractivity contribution < 1.29 is 19.1 Å². The van der Waals surface area contributed by atoms with Crippen molar-refractivity contribution in [3.05, 3.63) is 39.2 Å². The van der Waals surface area contributed by atoms with Gasteiger partial charge in [0.1, 0.15) is 17.4 Å². The molecule has 0 bridgehead atoms. The molecule has 1 atom stereocenters. The van der Waals surface area contributed by atoms with Gasteiger partial charge in [-0.2, -0.15) is 0 Å². The number of fused-ring (bicyclic) bond motifs is 1. The molecule has 0 N–H and O–H groups in total. The molecule has 0 spiro atoms. The summed E-state index contributed by atoms with van der Waals surface area (Å²) in [6, 6.07) is 4.31. The third-order valence-electron chi connectivity index (χ3n) is 2.64. The third kappa shape index (κ3) is 2.71. The van der Waals surface area contributed by atoms with Gasteiger partial charge in [0.05, 0.1) is 11.0 Å². The van der Waals surface area contributed by atoms with Gasteiger partial charge in [0.25, 0.3) is 0 Å². The van der Waals surface area contributed by atoms with E-state index in [1.54, 1.807) is 13.0 Å². The minimum atomic E-state index is -1.36. The van der Waals surface area contributed by atoms with E-state index < -0.39 is 17.7 Å². The Morgan fingerprint density at radius 3 is 2.74 bits per heavy atom. The maximum absolute atomic E-state index is 11.3. The van der Waals surface area contributed by atoms with Crippen LogP contribution in [-0.4, -0.2) is 12.1 Å². The van der Waals surface area contributed by atoms with E-state index in [1.165, 1.54) is 19.1 Å². The number of aryl methyl sites for hydroxylation is 1. The van der Waals surface area contributed by atoms with Gasteiger partial charge in [-0.3, -0.25) is 0 Å². The van der Waals surface area contributed by atoms with E-state index >= 15 is 0 Å². The second-order valence-electron chi connectivity index (χ2n) is 4.11. The van der Waals surface area contributed by atoms with Crippen molar-refractivity contribution in [1.82, 2.24) is 0 Å². The lowest BCUT2D eigenvalue weighted by molar-refractivity contribution is -0.312. The lowest BCUT2D eigenvalue weighted by atomic mass is 10.1. The summed E-state index contributed by atoms with van der Waals surface area (Å²) in [6.45, 7) is 3.07. The predicted octanol–water partition coefficient (Wildman–Crippen LogP) is 1.27. The molecule has 0 amide bonds. The summed E-state index contributed by atoms with van der Waals surface area (Å²) in [4.78, 5) is 21.9. The molecule has 1 unspecified atom stereocenters. The molecule has 100 valence electrons. The molecule has 1 heterocycles. The molecule has 19 heavy (non-hydrogen) atoms. The van der Waals surface area contributed by atoms with Crippen molar-refractivity contribution in [3.63, 3.8) is 0 Å². The molecule has 2 rings (SSSR count). The van der Waals surface area contributed by atoms with Crippen molar-refractivity contribution in [2.24, 2.45) is 0 Å². The number of carboxylic acids is 1. The van der Waals surface area contributed by atoms with E-state index in [0.29, 0.717) is 10.9 Å². The SMILES string of the molecule is Cc1cc(=O)oc2cc(OC(C)C(=O)[O-])c(Cl)cc12. The number of hydrogen-bond acceptors (Lipinski definition) is 5.